The number of anilines is 1. The van der Waals surface area contributed by atoms with Gasteiger partial charge in [0, 0.05) is 32.6 Å². The molecule has 0 aliphatic heterocycles. The zero-order valence-corrected chi connectivity index (χ0v) is 17.8. The molecule has 0 aromatic carbocycles. The zero-order chi connectivity index (χ0) is 21.8. The molecule has 2 heterocycles. The lowest BCUT2D eigenvalue weighted by Gasteiger charge is -2.22. The Hall–Kier alpha value is -2.49. The lowest BCUT2D eigenvalue weighted by atomic mass is 10.2. The number of carbonyl (C=O) groups excluding carboxylic acids is 1. The molecule has 0 saturated carbocycles. The lowest BCUT2D eigenvalue weighted by molar-refractivity contribution is -0.107. The molecule has 158 valence electrons. The summed E-state index contributed by atoms with van der Waals surface area (Å²) in [5.74, 6) is 1.11. The Bertz CT molecular complexity index is 908. The van der Waals surface area contributed by atoms with Crippen molar-refractivity contribution < 1.29 is 18.0 Å². The van der Waals surface area contributed by atoms with Gasteiger partial charge in [-0.25, -0.2) is 9.97 Å². The van der Waals surface area contributed by atoms with Crippen LogP contribution in [-0.2, 0) is 7.05 Å². The van der Waals surface area contributed by atoms with E-state index in [9.17, 15) is 18.0 Å². The summed E-state index contributed by atoms with van der Waals surface area (Å²) in [6.45, 7) is 3.76. The molecule has 1 N–H and O–H groups in total. The van der Waals surface area contributed by atoms with Gasteiger partial charge >= 0.3 is 6.18 Å². The number of pyridine rings is 1. The Balaban J connectivity index is 2.69. The number of alkyl halides is 3. The molecule has 0 spiro atoms. The van der Waals surface area contributed by atoms with Gasteiger partial charge in [-0.2, -0.15) is 13.2 Å². The van der Waals surface area contributed by atoms with E-state index >= 15 is 0 Å². The second-order valence-corrected chi connectivity index (χ2v) is 7.48. The fraction of sp³-hybridized carbons (Fsp3) is 0.421. The molecule has 0 bridgehead atoms. The number of rotatable bonds is 8. The van der Waals surface area contributed by atoms with Crippen LogP contribution in [0.5, 0.6) is 0 Å². The maximum absolute atomic E-state index is 13.5. The Kier molecular flexibility index (Phi) is 7.34. The van der Waals surface area contributed by atoms with Crippen LogP contribution in [0.4, 0.5) is 18.9 Å². The van der Waals surface area contributed by atoms with Gasteiger partial charge in [0.05, 0.1) is 17.6 Å². The average molecular weight is 427 g/mol. The molecule has 0 atom stereocenters. The van der Waals surface area contributed by atoms with Gasteiger partial charge in [0.25, 0.3) is 0 Å². The van der Waals surface area contributed by atoms with Crippen LogP contribution in [0, 0.1) is 0 Å². The van der Waals surface area contributed by atoms with Gasteiger partial charge in [-0.15, -0.1) is 11.8 Å². The molecule has 0 aliphatic rings. The Morgan fingerprint density at radius 2 is 2.07 bits per heavy atom. The van der Waals surface area contributed by atoms with E-state index in [0.717, 1.165) is 27.3 Å². The van der Waals surface area contributed by atoms with Crippen molar-refractivity contribution in [1.82, 2.24) is 19.4 Å². The largest absolute Gasteiger partial charge is 0.431 e. The van der Waals surface area contributed by atoms with E-state index in [1.165, 1.54) is 23.4 Å². The van der Waals surface area contributed by atoms with E-state index in [-0.39, 0.29) is 17.9 Å². The summed E-state index contributed by atoms with van der Waals surface area (Å²) < 4.78 is 42.0. The van der Waals surface area contributed by atoms with Crippen LogP contribution in [0.15, 0.2) is 22.9 Å². The maximum atomic E-state index is 13.5. The molecule has 2 rings (SSSR count). The number of allylic oxidation sites excluding steroid dienone is 1. The van der Waals surface area contributed by atoms with Gasteiger partial charge in [-0.3, -0.25) is 4.79 Å². The van der Waals surface area contributed by atoms with Gasteiger partial charge in [0.2, 0.25) is 0 Å². The van der Waals surface area contributed by atoms with Crippen molar-refractivity contribution in [3.8, 4) is 11.5 Å². The highest BCUT2D eigenvalue weighted by molar-refractivity contribution is 7.99. The summed E-state index contributed by atoms with van der Waals surface area (Å²) in [6.07, 6.45) is -1.54. The first-order valence-electron chi connectivity index (χ1n) is 9.00. The smallest absolute Gasteiger partial charge is 0.387 e. The fourth-order valence-electron chi connectivity index (χ4n) is 2.71. The minimum Gasteiger partial charge on any atom is -0.387 e. The van der Waals surface area contributed by atoms with Gasteiger partial charge in [-0.1, -0.05) is 6.92 Å². The van der Waals surface area contributed by atoms with E-state index in [1.807, 2.05) is 13.0 Å². The number of imidazole rings is 1. The third-order valence-electron chi connectivity index (χ3n) is 4.38. The number of nitrogens with zero attached hydrogens (tertiary/aromatic N) is 4. The monoisotopic (exact) mass is 427 g/mol. The molecule has 2 aromatic rings. The van der Waals surface area contributed by atoms with Crippen LogP contribution in [0.1, 0.15) is 30.0 Å². The van der Waals surface area contributed by atoms with Crippen molar-refractivity contribution in [2.45, 2.75) is 24.9 Å². The number of halogens is 3. The number of aromatic nitrogens is 3. The zero-order valence-electron chi connectivity index (χ0n) is 17.0. The van der Waals surface area contributed by atoms with E-state index in [1.54, 1.807) is 27.2 Å². The third-order valence-corrected chi connectivity index (χ3v) is 5.29. The quantitative estimate of drug-likeness (QED) is 0.501. The van der Waals surface area contributed by atoms with Crippen molar-refractivity contribution >= 4 is 29.8 Å². The van der Waals surface area contributed by atoms with Gasteiger partial charge in [0.1, 0.15) is 17.1 Å². The second-order valence-electron chi connectivity index (χ2n) is 6.18. The van der Waals surface area contributed by atoms with Crippen molar-refractivity contribution in [1.29, 1.82) is 0 Å². The minimum absolute atomic E-state index is 0.0444. The van der Waals surface area contributed by atoms with Gasteiger partial charge < -0.3 is 14.8 Å². The SMILES string of the molecule is CCSc1cc(NC)cnc1-c1nc(/C=C(\N(C)CC)C(F)(F)F)c(C=O)n1C. The van der Waals surface area contributed by atoms with Crippen LogP contribution < -0.4 is 5.32 Å². The highest BCUT2D eigenvalue weighted by Gasteiger charge is 2.36. The first-order valence-corrected chi connectivity index (χ1v) is 9.99. The van der Waals surface area contributed by atoms with Crippen molar-refractivity contribution in [2.24, 2.45) is 7.05 Å². The number of nitrogens with one attached hydrogen (secondary N) is 1. The van der Waals surface area contributed by atoms with Crippen LogP contribution >= 0.6 is 11.8 Å². The second kappa shape index (κ2) is 9.34. The lowest BCUT2D eigenvalue weighted by Crippen LogP contribution is -2.28. The number of hydrogen-bond acceptors (Lipinski definition) is 6. The van der Waals surface area contributed by atoms with Crippen molar-refractivity contribution in [2.75, 3.05) is 31.7 Å². The molecule has 10 heteroatoms. The van der Waals surface area contributed by atoms with E-state index < -0.39 is 11.9 Å². The molecule has 0 radical (unpaired) electrons. The topological polar surface area (TPSA) is 63.1 Å². The summed E-state index contributed by atoms with van der Waals surface area (Å²) in [5, 5.41) is 3.01. The minimum atomic E-state index is -4.57. The summed E-state index contributed by atoms with van der Waals surface area (Å²) >= 11 is 1.54. The molecular weight excluding hydrogens is 403 g/mol. The first-order chi connectivity index (χ1) is 13.7. The third kappa shape index (κ3) is 4.92. The molecule has 6 nitrogen and oxygen atoms in total. The molecule has 0 saturated heterocycles. The number of thioether (sulfide) groups is 1. The summed E-state index contributed by atoms with van der Waals surface area (Å²) in [6, 6.07) is 1.90. The maximum Gasteiger partial charge on any atom is 0.431 e. The van der Waals surface area contributed by atoms with Crippen LogP contribution in [0.2, 0.25) is 0 Å². The van der Waals surface area contributed by atoms with Crippen LogP contribution in [-0.4, -0.2) is 58.3 Å². The van der Waals surface area contributed by atoms with E-state index in [0.29, 0.717) is 17.8 Å². The predicted molar refractivity (Wildman–Crippen MR) is 110 cm³/mol. The molecule has 0 aliphatic carbocycles. The highest BCUT2D eigenvalue weighted by atomic mass is 32.2. The van der Waals surface area contributed by atoms with Gasteiger partial charge in [-0.05, 0) is 24.8 Å². The summed E-state index contributed by atoms with van der Waals surface area (Å²) in [7, 11) is 4.71. The first kappa shape index (κ1) is 22.8. The predicted octanol–water partition coefficient (Wildman–Crippen LogP) is 4.30. The van der Waals surface area contributed by atoms with Crippen molar-refractivity contribution in [3.63, 3.8) is 0 Å². The highest BCUT2D eigenvalue weighted by Crippen LogP contribution is 2.34. The number of aldehydes is 1. The van der Waals surface area contributed by atoms with Crippen LogP contribution in [0.25, 0.3) is 17.6 Å². The molecule has 0 fully saturated rings. The van der Waals surface area contributed by atoms with Gasteiger partial charge in [0.15, 0.2) is 12.1 Å². The van der Waals surface area contributed by atoms with Crippen LogP contribution in [0.3, 0.4) is 0 Å². The Morgan fingerprint density at radius 3 is 2.59 bits per heavy atom. The van der Waals surface area contributed by atoms with Crippen molar-refractivity contribution in [3.05, 3.63) is 29.3 Å². The molecule has 29 heavy (non-hydrogen) atoms. The standard InChI is InChI=1S/C19H24F3N5OS/c1-6-26(4)16(19(20,21)22)9-13-14(11-28)27(5)18(25-13)17-15(29-7-2)8-12(23-3)10-24-17/h8-11,23H,6-7H2,1-5H3/b16-9-. The summed E-state index contributed by atoms with van der Waals surface area (Å²) in [5.41, 5.74) is 0.460. The fourth-order valence-corrected chi connectivity index (χ4v) is 3.51. The van der Waals surface area contributed by atoms with E-state index in [2.05, 4.69) is 15.3 Å². The molecule has 2 aromatic heterocycles. The summed E-state index contributed by atoms with van der Waals surface area (Å²) in [4.78, 5) is 22.3. The molecular formula is C19H24F3N5OS. The van der Waals surface area contributed by atoms with E-state index in [4.69, 9.17) is 0 Å². The Morgan fingerprint density at radius 1 is 1.38 bits per heavy atom. The average Bonchev–Trinajstić information content (AvgIpc) is 2.99. The number of hydrogen-bond donors (Lipinski definition) is 1. The Labute approximate surface area is 172 Å². The number of carbonyl (C=O) groups is 1. The molecule has 0 unspecified atom stereocenters. The normalized spacial score (nSPS) is 12.2. The molecule has 0 amide bonds.